The van der Waals surface area contributed by atoms with Crippen molar-refractivity contribution in [2.75, 3.05) is 21.3 Å². The minimum atomic E-state index is -0.259. The minimum Gasteiger partial charge on any atom is -0.497 e. The quantitative estimate of drug-likeness (QED) is 0.867. The van der Waals surface area contributed by atoms with Gasteiger partial charge in [0.25, 0.3) is 0 Å². The van der Waals surface area contributed by atoms with Crippen molar-refractivity contribution in [3.8, 4) is 11.5 Å². The van der Waals surface area contributed by atoms with Gasteiger partial charge < -0.3 is 19.5 Å². The molecule has 122 valence electrons. The molecule has 0 aromatic heterocycles. The maximum Gasteiger partial charge on any atom is 0.169 e. The molecule has 4 atom stereocenters. The fourth-order valence-electron chi connectivity index (χ4n) is 4.82. The van der Waals surface area contributed by atoms with Crippen LogP contribution in [0.1, 0.15) is 17.5 Å². The van der Waals surface area contributed by atoms with E-state index in [4.69, 9.17) is 14.2 Å². The summed E-state index contributed by atoms with van der Waals surface area (Å²) in [5, 5.41) is 3.50. The lowest BCUT2D eigenvalue weighted by Crippen LogP contribution is -2.57. The summed E-state index contributed by atoms with van der Waals surface area (Å²) in [6.45, 7) is 4.20. The second-order valence-corrected chi connectivity index (χ2v) is 6.52. The lowest BCUT2D eigenvalue weighted by Gasteiger charge is -2.48. The molecule has 1 aliphatic heterocycles. The van der Waals surface area contributed by atoms with Crippen molar-refractivity contribution < 1.29 is 14.2 Å². The lowest BCUT2D eigenvalue weighted by atomic mass is 9.56. The zero-order valence-corrected chi connectivity index (χ0v) is 13.9. The lowest BCUT2D eigenvalue weighted by molar-refractivity contribution is 0.0677. The number of benzene rings is 1. The fraction of sp³-hybridized carbons (Fsp3) is 0.474. The van der Waals surface area contributed by atoms with Crippen LogP contribution in [0.5, 0.6) is 11.5 Å². The molecule has 4 rings (SSSR count). The molecule has 4 heteroatoms. The van der Waals surface area contributed by atoms with Crippen molar-refractivity contribution >= 4 is 0 Å². The summed E-state index contributed by atoms with van der Waals surface area (Å²) in [5.74, 6) is 2.94. The monoisotopic (exact) mass is 313 g/mol. The number of allylic oxidation sites excluding steroid dienone is 1. The number of ether oxygens (including phenoxy) is 3. The third kappa shape index (κ3) is 1.65. The van der Waals surface area contributed by atoms with E-state index in [0.717, 1.165) is 30.1 Å². The van der Waals surface area contributed by atoms with Crippen LogP contribution in [-0.2, 0) is 16.6 Å². The molecule has 0 fully saturated rings. The highest BCUT2D eigenvalue weighted by atomic mass is 16.6. The molecule has 0 bridgehead atoms. The van der Waals surface area contributed by atoms with Crippen molar-refractivity contribution in [3.63, 3.8) is 0 Å². The van der Waals surface area contributed by atoms with E-state index < -0.39 is 0 Å². The number of rotatable bonds is 4. The predicted octanol–water partition coefficient (Wildman–Crippen LogP) is 2.57. The van der Waals surface area contributed by atoms with Gasteiger partial charge in [-0.15, -0.1) is 6.58 Å². The molecule has 0 saturated carbocycles. The second-order valence-electron chi connectivity index (χ2n) is 6.52. The average molecular weight is 313 g/mol. The Hall–Kier alpha value is -1.94. The largest absolute Gasteiger partial charge is 0.497 e. The van der Waals surface area contributed by atoms with Gasteiger partial charge in [0.05, 0.1) is 19.6 Å². The summed E-state index contributed by atoms with van der Waals surface area (Å²) < 4.78 is 17.6. The Morgan fingerprint density at radius 2 is 2.17 bits per heavy atom. The van der Waals surface area contributed by atoms with Crippen molar-refractivity contribution in [2.45, 2.75) is 30.4 Å². The van der Waals surface area contributed by atoms with Gasteiger partial charge in [-0.1, -0.05) is 12.1 Å². The van der Waals surface area contributed by atoms with Crippen LogP contribution in [-0.4, -0.2) is 33.4 Å². The van der Waals surface area contributed by atoms with Gasteiger partial charge >= 0.3 is 0 Å². The molecule has 1 heterocycles. The summed E-state index contributed by atoms with van der Waals surface area (Å²) in [7, 11) is 5.44. The first-order valence-electron chi connectivity index (χ1n) is 8.13. The van der Waals surface area contributed by atoms with Gasteiger partial charge in [-0.25, -0.2) is 0 Å². The number of nitrogens with one attached hydrogen (secondary N) is 1. The van der Waals surface area contributed by atoms with E-state index in [-0.39, 0.29) is 11.5 Å². The highest BCUT2D eigenvalue weighted by molar-refractivity contribution is 5.63. The highest BCUT2D eigenvalue weighted by Crippen LogP contribution is 2.60. The topological polar surface area (TPSA) is 39.7 Å². The maximum atomic E-state index is 6.40. The summed E-state index contributed by atoms with van der Waals surface area (Å²) in [6.07, 6.45) is 6.04. The molecule has 0 spiro atoms. The van der Waals surface area contributed by atoms with Crippen LogP contribution in [0.2, 0.25) is 0 Å². The summed E-state index contributed by atoms with van der Waals surface area (Å²) in [5.41, 5.74) is 2.30. The van der Waals surface area contributed by atoms with E-state index in [0.29, 0.717) is 12.0 Å². The Labute approximate surface area is 137 Å². The van der Waals surface area contributed by atoms with Gasteiger partial charge in [-0.2, -0.15) is 0 Å². The Bertz CT molecular complexity index is 696. The van der Waals surface area contributed by atoms with Crippen LogP contribution in [0.3, 0.4) is 0 Å². The van der Waals surface area contributed by atoms with Gasteiger partial charge in [0, 0.05) is 11.6 Å². The van der Waals surface area contributed by atoms with Crippen LogP contribution in [0.15, 0.2) is 36.6 Å². The molecule has 0 unspecified atom stereocenters. The molecule has 1 aromatic carbocycles. The Morgan fingerprint density at radius 3 is 2.83 bits per heavy atom. The molecule has 4 nitrogen and oxygen atoms in total. The van der Waals surface area contributed by atoms with E-state index in [1.165, 1.54) is 11.1 Å². The normalized spacial score (nSPS) is 33.3. The highest BCUT2D eigenvalue weighted by Gasteiger charge is 2.61. The van der Waals surface area contributed by atoms with E-state index in [1.54, 1.807) is 14.2 Å². The minimum absolute atomic E-state index is 0.162. The first kappa shape index (κ1) is 14.6. The second kappa shape index (κ2) is 5.03. The SMILES string of the molecule is C=C[C@]12c3c4ccc(OC)c3O[C@H]1C(OC)=CC[C@@H]2[C@H](NC)C4. The molecule has 23 heavy (non-hydrogen) atoms. The number of hydrogen-bond donors (Lipinski definition) is 1. The van der Waals surface area contributed by atoms with Crippen LogP contribution in [0, 0.1) is 5.92 Å². The van der Waals surface area contributed by atoms with Crippen molar-refractivity contribution in [1.82, 2.24) is 5.32 Å². The Morgan fingerprint density at radius 1 is 1.35 bits per heavy atom. The fourth-order valence-corrected chi connectivity index (χ4v) is 4.82. The van der Waals surface area contributed by atoms with Gasteiger partial charge in [-0.05, 0) is 43.5 Å². The van der Waals surface area contributed by atoms with E-state index in [2.05, 4.69) is 30.1 Å². The molecular formula is C19H23NO3. The van der Waals surface area contributed by atoms with Crippen molar-refractivity contribution in [2.24, 2.45) is 5.92 Å². The molecule has 2 aliphatic carbocycles. The van der Waals surface area contributed by atoms with Gasteiger partial charge in [0.2, 0.25) is 0 Å². The van der Waals surface area contributed by atoms with Crippen molar-refractivity contribution in [1.29, 1.82) is 0 Å². The van der Waals surface area contributed by atoms with E-state index in [9.17, 15) is 0 Å². The predicted molar refractivity (Wildman–Crippen MR) is 89.0 cm³/mol. The van der Waals surface area contributed by atoms with E-state index >= 15 is 0 Å². The Kier molecular flexibility index (Phi) is 3.20. The molecule has 0 amide bonds. The summed E-state index contributed by atoms with van der Waals surface area (Å²) in [4.78, 5) is 0. The smallest absolute Gasteiger partial charge is 0.169 e. The third-order valence-corrected chi connectivity index (χ3v) is 5.85. The maximum absolute atomic E-state index is 6.40. The average Bonchev–Trinajstić information content (AvgIpc) is 2.96. The molecule has 0 radical (unpaired) electrons. The van der Waals surface area contributed by atoms with Crippen LogP contribution >= 0.6 is 0 Å². The van der Waals surface area contributed by atoms with Crippen molar-refractivity contribution in [3.05, 3.63) is 47.7 Å². The zero-order chi connectivity index (χ0) is 16.2. The van der Waals surface area contributed by atoms with Gasteiger partial charge in [0.15, 0.2) is 17.6 Å². The summed E-state index contributed by atoms with van der Waals surface area (Å²) in [6, 6.07) is 4.56. The molecular weight excluding hydrogens is 290 g/mol. The van der Waals surface area contributed by atoms with Gasteiger partial charge in [-0.3, -0.25) is 0 Å². The number of hydrogen-bond acceptors (Lipinski definition) is 4. The molecule has 1 N–H and O–H groups in total. The standard InChI is InChI=1S/C19H23NO3/c1-5-19-12-7-9-15(22-4)18(19)23-17-14(21-3)8-6-11(16(17)19)10-13(12)20-2/h5-6,8-9,12-13,18,20H,1,7,10H2,2-4H3/t12-,13-,18+,19+/m1/s1. The summed E-state index contributed by atoms with van der Waals surface area (Å²) >= 11 is 0. The molecule has 3 aliphatic rings. The van der Waals surface area contributed by atoms with Crippen LogP contribution in [0.4, 0.5) is 0 Å². The van der Waals surface area contributed by atoms with Crippen LogP contribution < -0.4 is 14.8 Å². The number of likely N-dealkylation sites (N-methyl/N-ethyl adjacent to an activating group) is 1. The molecule has 1 aromatic rings. The third-order valence-electron chi connectivity index (χ3n) is 5.85. The number of methoxy groups -OCH3 is 2. The van der Waals surface area contributed by atoms with Crippen LogP contribution in [0.25, 0.3) is 0 Å². The first-order chi connectivity index (χ1) is 11.2. The zero-order valence-electron chi connectivity index (χ0n) is 13.9. The Balaban J connectivity index is 2.02. The first-order valence-corrected chi connectivity index (χ1v) is 8.13. The van der Waals surface area contributed by atoms with E-state index in [1.807, 2.05) is 13.1 Å². The van der Waals surface area contributed by atoms with Gasteiger partial charge in [0.1, 0.15) is 5.76 Å². The molecule has 0 saturated heterocycles.